The SMILES string of the molecule is COC(=O)Cc1ccc(NC(=O)[C@@H](N)CCCN)cc1. The zero-order chi connectivity index (χ0) is 15.0. The predicted molar refractivity (Wildman–Crippen MR) is 77.1 cm³/mol. The van der Waals surface area contributed by atoms with Gasteiger partial charge < -0.3 is 21.5 Å². The molecule has 0 aliphatic carbocycles. The van der Waals surface area contributed by atoms with Crippen molar-refractivity contribution in [1.29, 1.82) is 0 Å². The molecule has 0 aromatic heterocycles. The Labute approximate surface area is 118 Å². The van der Waals surface area contributed by atoms with Crippen LogP contribution in [0.4, 0.5) is 5.69 Å². The van der Waals surface area contributed by atoms with Crippen LogP contribution in [0.25, 0.3) is 0 Å². The summed E-state index contributed by atoms with van der Waals surface area (Å²) in [7, 11) is 1.35. The maximum absolute atomic E-state index is 11.8. The Bertz CT molecular complexity index is 445. The van der Waals surface area contributed by atoms with Crippen molar-refractivity contribution in [3.63, 3.8) is 0 Å². The first-order valence-electron chi connectivity index (χ1n) is 6.49. The van der Waals surface area contributed by atoms with E-state index in [1.54, 1.807) is 24.3 Å². The summed E-state index contributed by atoms with van der Waals surface area (Å²) in [5.74, 6) is -0.537. The Hall–Kier alpha value is -1.92. The number of benzene rings is 1. The number of carbonyl (C=O) groups is 2. The third-order valence-electron chi connectivity index (χ3n) is 2.85. The van der Waals surface area contributed by atoms with Crippen molar-refractivity contribution in [3.8, 4) is 0 Å². The highest BCUT2D eigenvalue weighted by atomic mass is 16.5. The lowest BCUT2D eigenvalue weighted by atomic mass is 10.1. The Kier molecular flexibility index (Phi) is 6.69. The highest BCUT2D eigenvalue weighted by Crippen LogP contribution is 2.11. The van der Waals surface area contributed by atoms with Gasteiger partial charge in [-0.3, -0.25) is 9.59 Å². The van der Waals surface area contributed by atoms with Gasteiger partial charge in [-0.25, -0.2) is 0 Å². The van der Waals surface area contributed by atoms with Crippen molar-refractivity contribution in [2.75, 3.05) is 19.0 Å². The van der Waals surface area contributed by atoms with Gasteiger partial charge in [-0.1, -0.05) is 12.1 Å². The van der Waals surface area contributed by atoms with Crippen molar-refractivity contribution < 1.29 is 14.3 Å². The summed E-state index contributed by atoms with van der Waals surface area (Å²) in [5.41, 5.74) is 12.6. The van der Waals surface area contributed by atoms with E-state index in [9.17, 15) is 9.59 Å². The van der Waals surface area contributed by atoms with Crippen molar-refractivity contribution in [2.45, 2.75) is 25.3 Å². The molecular weight excluding hydrogens is 258 g/mol. The predicted octanol–water partition coefficient (Wildman–Crippen LogP) is 0.407. The summed E-state index contributed by atoms with van der Waals surface area (Å²) in [5, 5.41) is 2.72. The Morgan fingerprint density at radius 2 is 1.95 bits per heavy atom. The summed E-state index contributed by atoms with van der Waals surface area (Å²) in [6.45, 7) is 0.517. The van der Waals surface area contributed by atoms with Crippen molar-refractivity contribution in [2.24, 2.45) is 11.5 Å². The monoisotopic (exact) mass is 279 g/mol. The minimum atomic E-state index is -0.562. The number of carbonyl (C=O) groups excluding carboxylic acids is 2. The lowest BCUT2D eigenvalue weighted by Gasteiger charge is -2.12. The summed E-state index contributed by atoms with van der Waals surface area (Å²) >= 11 is 0. The molecule has 0 spiro atoms. The average molecular weight is 279 g/mol. The quantitative estimate of drug-likeness (QED) is 0.626. The molecule has 0 saturated carbocycles. The van der Waals surface area contributed by atoms with Gasteiger partial charge in [0.15, 0.2) is 0 Å². The fraction of sp³-hybridized carbons (Fsp3) is 0.429. The van der Waals surface area contributed by atoms with Crippen LogP contribution in [0, 0.1) is 0 Å². The highest BCUT2D eigenvalue weighted by Gasteiger charge is 2.12. The molecule has 0 saturated heterocycles. The minimum Gasteiger partial charge on any atom is -0.469 e. The standard InChI is InChI=1S/C14H21N3O3/c1-20-13(18)9-10-4-6-11(7-5-10)17-14(19)12(16)3-2-8-15/h4-7,12H,2-3,8-9,15-16H2,1H3,(H,17,19)/t12-/m0/s1. The van der Waals surface area contributed by atoms with Gasteiger partial charge in [0, 0.05) is 5.69 Å². The van der Waals surface area contributed by atoms with Crippen LogP contribution in [-0.4, -0.2) is 31.6 Å². The van der Waals surface area contributed by atoms with E-state index in [4.69, 9.17) is 11.5 Å². The number of methoxy groups -OCH3 is 1. The summed E-state index contributed by atoms with van der Waals surface area (Å²) < 4.78 is 4.58. The molecule has 0 aliphatic heterocycles. The molecule has 6 heteroatoms. The van der Waals surface area contributed by atoms with Gasteiger partial charge in [-0.2, -0.15) is 0 Å². The average Bonchev–Trinajstić information content (AvgIpc) is 2.46. The zero-order valence-corrected chi connectivity index (χ0v) is 11.6. The molecule has 1 amide bonds. The molecule has 1 atom stereocenters. The van der Waals surface area contributed by atoms with E-state index in [0.717, 1.165) is 5.56 Å². The Balaban J connectivity index is 2.52. The molecule has 0 unspecified atom stereocenters. The van der Waals surface area contributed by atoms with Crippen LogP contribution in [0.5, 0.6) is 0 Å². The smallest absolute Gasteiger partial charge is 0.309 e. The molecule has 1 rings (SSSR count). The molecule has 20 heavy (non-hydrogen) atoms. The number of nitrogens with one attached hydrogen (secondary N) is 1. The lowest BCUT2D eigenvalue weighted by molar-refractivity contribution is -0.139. The minimum absolute atomic E-state index is 0.209. The molecule has 6 nitrogen and oxygen atoms in total. The molecule has 5 N–H and O–H groups in total. The number of rotatable bonds is 7. The van der Waals surface area contributed by atoms with E-state index < -0.39 is 6.04 Å². The highest BCUT2D eigenvalue weighted by molar-refractivity contribution is 5.94. The fourth-order valence-corrected chi connectivity index (χ4v) is 1.65. The van der Waals surface area contributed by atoms with Crippen LogP contribution in [0.15, 0.2) is 24.3 Å². The lowest BCUT2D eigenvalue weighted by Crippen LogP contribution is -2.35. The second-order valence-electron chi connectivity index (χ2n) is 4.48. The number of hydrogen-bond donors (Lipinski definition) is 3. The maximum atomic E-state index is 11.8. The number of anilines is 1. The van der Waals surface area contributed by atoms with E-state index in [1.165, 1.54) is 7.11 Å². The summed E-state index contributed by atoms with van der Waals surface area (Å²) in [6, 6.07) is 6.42. The first kappa shape index (κ1) is 16.1. The fourth-order valence-electron chi connectivity index (χ4n) is 1.65. The largest absolute Gasteiger partial charge is 0.469 e. The van der Waals surface area contributed by atoms with Crippen molar-refractivity contribution in [3.05, 3.63) is 29.8 Å². The number of ether oxygens (including phenoxy) is 1. The first-order chi connectivity index (χ1) is 9.56. The first-order valence-corrected chi connectivity index (χ1v) is 6.49. The summed E-state index contributed by atoms with van der Waals surface area (Å²) in [4.78, 5) is 22.9. The van der Waals surface area contributed by atoms with Gasteiger partial charge in [0.05, 0.1) is 19.6 Å². The molecular formula is C14H21N3O3. The molecule has 0 fully saturated rings. The zero-order valence-electron chi connectivity index (χ0n) is 11.6. The number of esters is 1. The van der Waals surface area contributed by atoms with Crippen LogP contribution in [0.3, 0.4) is 0 Å². The van der Waals surface area contributed by atoms with Gasteiger partial charge in [0.25, 0.3) is 0 Å². The van der Waals surface area contributed by atoms with Crippen molar-refractivity contribution >= 4 is 17.6 Å². The topological polar surface area (TPSA) is 107 Å². The van der Waals surface area contributed by atoms with Crippen LogP contribution < -0.4 is 16.8 Å². The van der Waals surface area contributed by atoms with E-state index in [1.807, 2.05) is 0 Å². The van der Waals surface area contributed by atoms with Crippen LogP contribution in [-0.2, 0) is 20.7 Å². The molecule has 0 radical (unpaired) electrons. The van der Waals surface area contributed by atoms with Crippen LogP contribution in [0.1, 0.15) is 18.4 Å². The second kappa shape index (κ2) is 8.29. The number of hydrogen-bond acceptors (Lipinski definition) is 5. The van der Waals surface area contributed by atoms with Crippen LogP contribution in [0.2, 0.25) is 0 Å². The molecule has 0 aliphatic rings. The molecule has 0 bridgehead atoms. The molecule has 0 heterocycles. The van der Waals surface area contributed by atoms with Gasteiger partial charge in [0.2, 0.25) is 5.91 Å². The second-order valence-corrected chi connectivity index (χ2v) is 4.48. The molecule has 1 aromatic rings. The van der Waals surface area contributed by atoms with Gasteiger partial charge >= 0.3 is 5.97 Å². The van der Waals surface area contributed by atoms with Gasteiger partial charge in [0.1, 0.15) is 0 Å². The van der Waals surface area contributed by atoms with Gasteiger partial charge in [-0.15, -0.1) is 0 Å². The van der Waals surface area contributed by atoms with E-state index in [2.05, 4.69) is 10.1 Å². The normalized spacial score (nSPS) is 11.8. The summed E-state index contributed by atoms with van der Waals surface area (Å²) in [6.07, 6.45) is 1.48. The Morgan fingerprint density at radius 3 is 2.50 bits per heavy atom. The maximum Gasteiger partial charge on any atom is 0.309 e. The van der Waals surface area contributed by atoms with E-state index in [-0.39, 0.29) is 18.3 Å². The molecule has 1 aromatic carbocycles. The number of nitrogens with two attached hydrogens (primary N) is 2. The van der Waals surface area contributed by atoms with E-state index >= 15 is 0 Å². The van der Waals surface area contributed by atoms with Crippen molar-refractivity contribution in [1.82, 2.24) is 0 Å². The third kappa shape index (κ3) is 5.38. The van der Waals surface area contributed by atoms with Crippen LogP contribution >= 0.6 is 0 Å². The Morgan fingerprint density at radius 1 is 1.30 bits per heavy atom. The van der Waals surface area contributed by atoms with E-state index in [0.29, 0.717) is 25.1 Å². The molecule has 110 valence electrons. The van der Waals surface area contributed by atoms with Gasteiger partial charge in [-0.05, 0) is 37.1 Å². The number of amides is 1. The third-order valence-corrected chi connectivity index (χ3v) is 2.85.